The van der Waals surface area contributed by atoms with Crippen molar-refractivity contribution >= 4 is 33.8 Å². The lowest BCUT2D eigenvalue weighted by Gasteiger charge is -1.95. The second kappa shape index (κ2) is 4.37. The van der Waals surface area contributed by atoms with Crippen LogP contribution >= 0.6 is 23.6 Å². The quantitative estimate of drug-likeness (QED) is 0.732. The second-order valence-electron chi connectivity index (χ2n) is 2.38. The summed E-state index contributed by atoms with van der Waals surface area (Å²) in [5.74, 6) is 0. The van der Waals surface area contributed by atoms with Crippen LogP contribution in [0.25, 0.3) is 0 Å². The van der Waals surface area contributed by atoms with Crippen LogP contribution in [0.2, 0.25) is 0 Å². The lowest BCUT2D eigenvalue weighted by atomic mass is 10.3. The van der Waals surface area contributed by atoms with Crippen molar-refractivity contribution in [1.29, 1.82) is 0 Å². The van der Waals surface area contributed by atoms with Gasteiger partial charge in [0, 0.05) is 5.38 Å². The van der Waals surface area contributed by atoms with Gasteiger partial charge in [0.2, 0.25) is 0 Å². The first-order valence-electron chi connectivity index (χ1n) is 3.73. The molecule has 3 nitrogen and oxygen atoms in total. The molecule has 0 fully saturated rings. The predicted octanol–water partition coefficient (Wildman–Crippen LogP) is 1.75. The first kappa shape index (κ1) is 9.41. The molecule has 0 spiro atoms. The van der Waals surface area contributed by atoms with E-state index in [9.17, 15) is 0 Å². The Morgan fingerprint density at radius 1 is 1.83 bits per heavy atom. The van der Waals surface area contributed by atoms with E-state index < -0.39 is 0 Å². The molecule has 1 aromatic rings. The third-order valence-electron chi connectivity index (χ3n) is 1.29. The first-order valence-corrected chi connectivity index (χ1v) is 5.02. The molecule has 0 amide bonds. The molecule has 1 rings (SSSR count). The number of nitrogens with one attached hydrogen (secondary N) is 1. The Balaban J connectivity index is 2.58. The van der Waals surface area contributed by atoms with Crippen molar-refractivity contribution in [3.63, 3.8) is 0 Å². The Labute approximate surface area is 81.0 Å². The van der Waals surface area contributed by atoms with Crippen molar-refractivity contribution in [2.24, 2.45) is 5.73 Å². The first-order chi connectivity index (χ1) is 5.72. The smallest absolute Gasteiger partial charge is 0.189 e. The van der Waals surface area contributed by atoms with Crippen molar-refractivity contribution < 1.29 is 0 Å². The Hall–Kier alpha value is -0.680. The summed E-state index contributed by atoms with van der Waals surface area (Å²) in [6, 6.07) is 0. The highest BCUT2D eigenvalue weighted by Gasteiger charge is 2.00. The Kier molecular flexibility index (Phi) is 3.43. The molecule has 0 aliphatic carbocycles. The summed E-state index contributed by atoms with van der Waals surface area (Å²) in [6.07, 6.45) is 2.12. The Morgan fingerprint density at radius 2 is 2.58 bits per heavy atom. The minimum absolute atomic E-state index is 0.271. The van der Waals surface area contributed by atoms with Crippen LogP contribution in [-0.4, -0.2) is 10.1 Å². The van der Waals surface area contributed by atoms with Crippen LogP contribution in [-0.2, 0) is 6.42 Å². The Bertz CT molecular complexity index is 269. The van der Waals surface area contributed by atoms with Gasteiger partial charge in [0.15, 0.2) is 10.2 Å². The van der Waals surface area contributed by atoms with Crippen LogP contribution in [0.15, 0.2) is 5.38 Å². The normalized spacial score (nSPS) is 9.75. The molecule has 66 valence electrons. The zero-order valence-corrected chi connectivity index (χ0v) is 8.47. The molecule has 1 heterocycles. The van der Waals surface area contributed by atoms with Gasteiger partial charge in [0.1, 0.15) is 0 Å². The van der Waals surface area contributed by atoms with E-state index in [0.29, 0.717) is 0 Å². The summed E-state index contributed by atoms with van der Waals surface area (Å²) < 4.78 is 0. The zero-order chi connectivity index (χ0) is 8.97. The summed E-state index contributed by atoms with van der Waals surface area (Å²) in [5.41, 5.74) is 6.39. The molecule has 0 radical (unpaired) electrons. The van der Waals surface area contributed by atoms with Crippen molar-refractivity contribution in [2.75, 3.05) is 5.32 Å². The van der Waals surface area contributed by atoms with Crippen LogP contribution in [0, 0.1) is 0 Å². The highest BCUT2D eigenvalue weighted by molar-refractivity contribution is 7.80. The maximum Gasteiger partial charge on any atom is 0.189 e. The van der Waals surface area contributed by atoms with Gasteiger partial charge in [-0.2, -0.15) is 0 Å². The molecule has 0 aromatic carbocycles. The van der Waals surface area contributed by atoms with E-state index in [1.807, 2.05) is 5.38 Å². The van der Waals surface area contributed by atoms with Crippen molar-refractivity contribution in [3.05, 3.63) is 11.1 Å². The van der Waals surface area contributed by atoms with Crippen LogP contribution in [0.1, 0.15) is 19.0 Å². The molecule has 1 aromatic heterocycles. The predicted molar refractivity (Wildman–Crippen MR) is 56.5 cm³/mol. The second-order valence-corrected chi connectivity index (χ2v) is 3.68. The molecule has 0 aliphatic heterocycles. The minimum atomic E-state index is 0.271. The van der Waals surface area contributed by atoms with E-state index in [-0.39, 0.29) is 5.11 Å². The standard InChI is InChI=1S/C7H11N3S2/c1-2-3-5-4-12-7(9-5)10-6(8)11/h4H,2-3H2,1H3,(H3,8,9,10,11). The van der Waals surface area contributed by atoms with E-state index in [1.54, 1.807) is 0 Å². The summed E-state index contributed by atoms with van der Waals surface area (Å²) in [6.45, 7) is 2.13. The molecular formula is C7H11N3S2. The highest BCUT2D eigenvalue weighted by atomic mass is 32.1. The average molecular weight is 201 g/mol. The number of rotatable bonds is 3. The third-order valence-corrected chi connectivity index (χ3v) is 2.20. The maximum absolute atomic E-state index is 5.29. The fourth-order valence-corrected chi connectivity index (χ4v) is 1.76. The summed E-state index contributed by atoms with van der Waals surface area (Å²) in [5, 5.41) is 5.87. The molecule has 0 aliphatic rings. The summed E-state index contributed by atoms with van der Waals surface area (Å²) in [4.78, 5) is 4.28. The van der Waals surface area contributed by atoms with Gasteiger partial charge in [-0.15, -0.1) is 11.3 Å². The fourth-order valence-electron chi connectivity index (χ4n) is 0.841. The van der Waals surface area contributed by atoms with E-state index >= 15 is 0 Å². The molecule has 3 N–H and O–H groups in total. The van der Waals surface area contributed by atoms with Gasteiger partial charge >= 0.3 is 0 Å². The number of nitrogens with two attached hydrogens (primary N) is 1. The monoisotopic (exact) mass is 201 g/mol. The molecule has 5 heteroatoms. The molecule has 12 heavy (non-hydrogen) atoms. The van der Waals surface area contributed by atoms with Crippen molar-refractivity contribution in [3.8, 4) is 0 Å². The van der Waals surface area contributed by atoms with E-state index in [4.69, 9.17) is 5.73 Å². The lowest BCUT2D eigenvalue weighted by Crippen LogP contribution is -2.18. The summed E-state index contributed by atoms with van der Waals surface area (Å²) in [7, 11) is 0. The van der Waals surface area contributed by atoms with E-state index in [0.717, 1.165) is 23.7 Å². The van der Waals surface area contributed by atoms with Gasteiger partial charge < -0.3 is 11.1 Å². The van der Waals surface area contributed by atoms with Crippen LogP contribution in [0.5, 0.6) is 0 Å². The molecular weight excluding hydrogens is 190 g/mol. The van der Waals surface area contributed by atoms with Gasteiger partial charge in [-0.05, 0) is 18.6 Å². The number of hydrogen-bond donors (Lipinski definition) is 2. The number of hydrogen-bond acceptors (Lipinski definition) is 3. The van der Waals surface area contributed by atoms with Gasteiger partial charge in [0.05, 0.1) is 5.69 Å². The number of aryl methyl sites for hydroxylation is 1. The summed E-state index contributed by atoms with van der Waals surface area (Å²) >= 11 is 6.21. The van der Waals surface area contributed by atoms with Crippen LogP contribution in [0.3, 0.4) is 0 Å². The maximum atomic E-state index is 5.29. The molecule has 0 bridgehead atoms. The van der Waals surface area contributed by atoms with Gasteiger partial charge in [-0.25, -0.2) is 4.98 Å². The van der Waals surface area contributed by atoms with Gasteiger partial charge in [0.25, 0.3) is 0 Å². The molecule has 0 unspecified atom stereocenters. The fraction of sp³-hybridized carbons (Fsp3) is 0.429. The van der Waals surface area contributed by atoms with Gasteiger partial charge in [-0.1, -0.05) is 13.3 Å². The SMILES string of the molecule is CCCc1csc(NC(N)=S)n1. The van der Waals surface area contributed by atoms with Crippen LogP contribution < -0.4 is 11.1 Å². The van der Waals surface area contributed by atoms with E-state index in [1.165, 1.54) is 11.3 Å². The van der Waals surface area contributed by atoms with Crippen molar-refractivity contribution in [1.82, 2.24) is 4.98 Å². The highest BCUT2D eigenvalue weighted by Crippen LogP contribution is 2.15. The molecule has 0 atom stereocenters. The minimum Gasteiger partial charge on any atom is -0.376 e. The average Bonchev–Trinajstić information content (AvgIpc) is 2.36. The molecule has 0 saturated heterocycles. The lowest BCUT2D eigenvalue weighted by molar-refractivity contribution is 0.894. The molecule has 0 saturated carbocycles. The van der Waals surface area contributed by atoms with E-state index in [2.05, 4.69) is 29.4 Å². The zero-order valence-electron chi connectivity index (χ0n) is 6.83. The van der Waals surface area contributed by atoms with Crippen molar-refractivity contribution in [2.45, 2.75) is 19.8 Å². The topological polar surface area (TPSA) is 50.9 Å². The number of anilines is 1. The Morgan fingerprint density at radius 3 is 3.17 bits per heavy atom. The number of thiazole rings is 1. The van der Waals surface area contributed by atoms with Crippen LogP contribution in [0.4, 0.5) is 5.13 Å². The number of thiocarbonyl (C=S) groups is 1. The number of nitrogens with zero attached hydrogens (tertiary/aromatic N) is 1. The third kappa shape index (κ3) is 2.75. The largest absolute Gasteiger partial charge is 0.376 e. The number of aromatic nitrogens is 1. The van der Waals surface area contributed by atoms with Gasteiger partial charge in [-0.3, -0.25) is 0 Å².